The number of benzene rings is 2. The number of aromatic nitrogens is 4. The van der Waals surface area contributed by atoms with Gasteiger partial charge in [0.1, 0.15) is 5.82 Å². The molecule has 1 aliphatic rings. The molecule has 1 amide bonds. The van der Waals surface area contributed by atoms with Crippen LogP contribution < -0.4 is 0 Å². The minimum Gasteiger partial charge on any atom is -0.338 e. The fourth-order valence-electron chi connectivity index (χ4n) is 3.38. The first kappa shape index (κ1) is 16.4. The predicted molar refractivity (Wildman–Crippen MR) is 93.4 cm³/mol. The highest BCUT2D eigenvalue weighted by Crippen LogP contribution is 2.27. The Balaban J connectivity index is 1.58. The lowest BCUT2D eigenvalue weighted by Gasteiger charge is -2.32. The summed E-state index contributed by atoms with van der Waals surface area (Å²) < 4.78 is 15.7. The molecule has 1 atom stereocenters. The van der Waals surface area contributed by atoms with Gasteiger partial charge in [-0.05, 0) is 47.5 Å². The van der Waals surface area contributed by atoms with Crippen LogP contribution >= 0.6 is 0 Å². The van der Waals surface area contributed by atoms with E-state index in [0.717, 1.165) is 24.4 Å². The molecule has 2 aromatic carbocycles. The maximum atomic E-state index is 14.0. The summed E-state index contributed by atoms with van der Waals surface area (Å²) in [7, 11) is 0. The summed E-state index contributed by atoms with van der Waals surface area (Å²) in [6.07, 6.45) is 1.71. The van der Waals surface area contributed by atoms with Crippen LogP contribution in [-0.2, 0) is 0 Å². The molecular weight excluding hydrogens is 333 g/mol. The van der Waals surface area contributed by atoms with Crippen LogP contribution in [0.4, 0.5) is 4.39 Å². The van der Waals surface area contributed by atoms with Crippen molar-refractivity contribution >= 4 is 5.91 Å². The van der Waals surface area contributed by atoms with Gasteiger partial charge in [0.15, 0.2) is 5.82 Å². The molecule has 1 fully saturated rings. The quantitative estimate of drug-likeness (QED) is 0.728. The highest BCUT2D eigenvalue weighted by atomic mass is 19.1. The topological polar surface area (TPSA) is 63.9 Å². The number of nitrogens with zero attached hydrogens (tertiary/aromatic N) is 5. The maximum Gasteiger partial charge on any atom is 0.256 e. The highest BCUT2D eigenvalue weighted by Gasteiger charge is 2.30. The van der Waals surface area contributed by atoms with Gasteiger partial charge in [-0.1, -0.05) is 30.3 Å². The van der Waals surface area contributed by atoms with Gasteiger partial charge < -0.3 is 4.90 Å². The normalized spacial score (nSPS) is 17.3. The zero-order valence-electron chi connectivity index (χ0n) is 14.1. The van der Waals surface area contributed by atoms with Crippen molar-refractivity contribution in [3.8, 4) is 5.69 Å². The minimum absolute atomic E-state index is 0.00896. The number of carbonyl (C=O) groups excluding carboxylic acids is 1. The van der Waals surface area contributed by atoms with Gasteiger partial charge in [0.05, 0.1) is 11.3 Å². The Morgan fingerprint density at radius 2 is 1.85 bits per heavy atom. The lowest BCUT2D eigenvalue weighted by molar-refractivity contribution is 0.0699. The predicted octanol–water partition coefficient (Wildman–Crippen LogP) is 2.82. The first-order valence-corrected chi connectivity index (χ1v) is 8.61. The molecule has 2 heterocycles. The van der Waals surface area contributed by atoms with Crippen molar-refractivity contribution in [3.63, 3.8) is 0 Å². The third-order valence-electron chi connectivity index (χ3n) is 4.67. The summed E-state index contributed by atoms with van der Waals surface area (Å²) in [5.41, 5.74) is 0.987. The Morgan fingerprint density at radius 3 is 2.65 bits per heavy atom. The van der Waals surface area contributed by atoms with E-state index in [1.165, 1.54) is 12.1 Å². The average molecular weight is 351 g/mol. The van der Waals surface area contributed by atoms with Crippen LogP contribution in [0.3, 0.4) is 0 Å². The van der Waals surface area contributed by atoms with Crippen LogP contribution in [0.2, 0.25) is 0 Å². The van der Waals surface area contributed by atoms with E-state index in [9.17, 15) is 9.18 Å². The molecule has 0 bridgehead atoms. The molecule has 1 saturated heterocycles. The molecule has 1 unspecified atom stereocenters. The zero-order valence-corrected chi connectivity index (χ0v) is 14.1. The second-order valence-corrected chi connectivity index (χ2v) is 6.35. The number of likely N-dealkylation sites (tertiary alicyclic amines) is 1. The standard InChI is InChI=1S/C19H18FN5O/c20-17-11-5-4-10-16(17)19(26)24-12-6-7-14(13-24)18-21-22-23-25(18)15-8-2-1-3-9-15/h1-5,8-11,14H,6-7,12-13H2. The van der Waals surface area contributed by atoms with E-state index in [1.807, 2.05) is 30.3 Å². The largest absolute Gasteiger partial charge is 0.338 e. The second kappa shape index (κ2) is 7.03. The van der Waals surface area contributed by atoms with E-state index in [0.29, 0.717) is 13.1 Å². The summed E-state index contributed by atoms with van der Waals surface area (Å²) in [5.74, 6) is -0.0443. The SMILES string of the molecule is O=C(c1ccccc1F)N1CCCC(c2nnnn2-c2ccccc2)C1. The first-order chi connectivity index (χ1) is 12.7. The van der Waals surface area contributed by atoms with Crippen LogP contribution in [0, 0.1) is 5.82 Å². The number of rotatable bonds is 3. The van der Waals surface area contributed by atoms with E-state index in [4.69, 9.17) is 0 Å². The number of tetrazole rings is 1. The van der Waals surface area contributed by atoms with Crippen molar-refractivity contribution in [3.05, 3.63) is 71.8 Å². The number of para-hydroxylation sites is 1. The highest BCUT2D eigenvalue weighted by molar-refractivity contribution is 5.94. The van der Waals surface area contributed by atoms with Gasteiger partial charge in [-0.25, -0.2) is 4.39 Å². The van der Waals surface area contributed by atoms with Gasteiger partial charge in [-0.2, -0.15) is 4.68 Å². The lowest BCUT2D eigenvalue weighted by atomic mass is 9.96. The Bertz CT molecular complexity index is 911. The fourth-order valence-corrected chi connectivity index (χ4v) is 3.38. The van der Waals surface area contributed by atoms with Crippen molar-refractivity contribution < 1.29 is 9.18 Å². The number of carbonyl (C=O) groups is 1. The number of amides is 1. The molecule has 0 radical (unpaired) electrons. The molecule has 7 heteroatoms. The van der Waals surface area contributed by atoms with Gasteiger partial charge in [-0.3, -0.25) is 4.79 Å². The molecule has 6 nitrogen and oxygen atoms in total. The zero-order chi connectivity index (χ0) is 17.9. The van der Waals surface area contributed by atoms with Crippen molar-refractivity contribution in [1.29, 1.82) is 0 Å². The molecule has 0 saturated carbocycles. The third kappa shape index (κ3) is 3.08. The summed E-state index contributed by atoms with van der Waals surface area (Å²) in [4.78, 5) is 14.4. The van der Waals surface area contributed by atoms with Crippen LogP contribution in [0.5, 0.6) is 0 Å². The molecule has 1 aromatic heterocycles. The van der Waals surface area contributed by atoms with E-state index >= 15 is 0 Å². The number of hydrogen-bond acceptors (Lipinski definition) is 4. The summed E-state index contributed by atoms with van der Waals surface area (Å²) in [6, 6.07) is 15.7. The Hall–Kier alpha value is -3.09. The van der Waals surface area contributed by atoms with Crippen LogP contribution in [0.15, 0.2) is 54.6 Å². The number of piperidine rings is 1. The molecule has 4 rings (SSSR count). The minimum atomic E-state index is -0.492. The van der Waals surface area contributed by atoms with Crippen molar-refractivity contribution in [2.75, 3.05) is 13.1 Å². The molecule has 3 aromatic rings. The third-order valence-corrected chi connectivity index (χ3v) is 4.67. The van der Waals surface area contributed by atoms with Gasteiger partial charge in [0, 0.05) is 19.0 Å². The van der Waals surface area contributed by atoms with Crippen LogP contribution in [0.25, 0.3) is 5.69 Å². The van der Waals surface area contributed by atoms with Gasteiger partial charge >= 0.3 is 0 Å². The molecule has 132 valence electrons. The summed E-state index contributed by atoms with van der Waals surface area (Å²) >= 11 is 0. The van der Waals surface area contributed by atoms with Crippen LogP contribution in [0.1, 0.15) is 34.9 Å². The van der Waals surface area contributed by atoms with E-state index in [-0.39, 0.29) is 17.4 Å². The Labute approximate surface area is 150 Å². The molecule has 26 heavy (non-hydrogen) atoms. The van der Waals surface area contributed by atoms with Crippen molar-refractivity contribution in [2.45, 2.75) is 18.8 Å². The fraction of sp³-hybridized carbons (Fsp3) is 0.263. The Kier molecular flexibility index (Phi) is 4.43. The van der Waals surface area contributed by atoms with E-state index in [2.05, 4.69) is 15.5 Å². The van der Waals surface area contributed by atoms with Crippen molar-refractivity contribution in [1.82, 2.24) is 25.1 Å². The lowest BCUT2D eigenvalue weighted by Crippen LogP contribution is -2.40. The Morgan fingerprint density at radius 1 is 1.08 bits per heavy atom. The molecule has 0 aliphatic carbocycles. The molecule has 0 N–H and O–H groups in total. The molecular formula is C19H18FN5O. The van der Waals surface area contributed by atoms with Crippen molar-refractivity contribution in [2.24, 2.45) is 0 Å². The average Bonchev–Trinajstić information content (AvgIpc) is 3.18. The van der Waals surface area contributed by atoms with E-state index < -0.39 is 5.82 Å². The second-order valence-electron chi connectivity index (χ2n) is 6.35. The van der Waals surface area contributed by atoms with Crippen LogP contribution in [-0.4, -0.2) is 44.1 Å². The smallest absolute Gasteiger partial charge is 0.256 e. The van der Waals surface area contributed by atoms with E-state index in [1.54, 1.807) is 21.7 Å². The van der Waals surface area contributed by atoms with Gasteiger partial charge in [0.2, 0.25) is 0 Å². The monoisotopic (exact) mass is 351 g/mol. The summed E-state index contributed by atoms with van der Waals surface area (Å²) in [5, 5.41) is 12.1. The first-order valence-electron chi connectivity index (χ1n) is 8.61. The number of halogens is 1. The number of hydrogen-bond donors (Lipinski definition) is 0. The van der Waals surface area contributed by atoms with Gasteiger partial charge in [-0.15, -0.1) is 5.10 Å². The summed E-state index contributed by atoms with van der Waals surface area (Å²) in [6.45, 7) is 1.08. The molecule has 1 aliphatic heterocycles. The van der Waals surface area contributed by atoms with Gasteiger partial charge in [0.25, 0.3) is 5.91 Å². The maximum absolute atomic E-state index is 14.0. The molecule has 0 spiro atoms.